The van der Waals surface area contributed by atoms with Crippen LogP contribution in [0.4, 0.5) is 5.69 Å². The third-order valence-corrected chi connectivity index (χ3v) is 5.27. The third-order valence-electron chi connectivity index (χ3n) is 3.75. The van der Waals surface area contributed by atoms with Crippen LogP contribution in [0.2, 0.25) is 5.02 Å². The summed E-state index contributed by atoms with van der Waals surface area (Å²) in [7, 11) is 1.53. The first kappa shape index (κ1) is 18.2. The predicted octanol–water partition coefficient (Wildman–Crippen LogP) is 3.76. The Morgan fingerprint density at radius 2 is 1.96 bits per heavy atom. The summed E-state index contributed by atoms with van der Waals surface area (Å²) in [5.74, 6) is -0.586. The highest BCUT2D eigenvalue weighted by molar-refractivity contribution is 7.14. The first-order chi connectivity index (χ1) is 12.5. The van der Waals surface area contributed by atoms with E-state index >= 15 is 0 Å². The van der Waals surface area contributed by atoms with Crippen LogP contribution in [0.3, 0.4) is 0 Å². The van der Waals surface area contributed by atoms with E-state index in [0.29, 0.717) is 23.4 Å². The van der Waals surface area contributed by atoms with Gasteiger partial charge in [0, 0.05) is 30.0 Å². The topological polar surface area (TPSA) is 76.0 Å². The second-order valence-corrected chi connectivity index (χ2v) is 6.91. The molecular weight excluding hydrogens is 372 g/mol. The molecule has 3 rings (SSSR count). The standard InChI is InChI=1S/C18H17ClN4O2S/c1-3-14-15(22-18(26-14)23-8-4-5-9-23)17(25)21-11-6-7-12(13(19)10-11)16(24)20-2/h4-10H,3H2,1-2H3,(H,20,24)(H,21,25). The Hall–Kier alpha value is -2.64. The molecule has 0 spiro atoms. The van der Waals surface area contributed by atoms with Crippen LogP contribution < -0.4 is 10.6 Å². The van der Waals surface area contributed by atoms with E-state index in [2.05, 4.69) is 15.6 Å². The highest BCUT2D eigenvalue weighted by Crippen LogP contribution is 2.25. The van der Waals surface area contributed by atoms with E-state index in [4.69, 9.17) is 11.6 Å². The number of thiazole rings is 1. The number of carbonyl (C=O) groups is 2. The normalized spacial score (nSPS) is 10.6. The van der Waals surface area contributed by atoms with Crippen molar-refractivity contribution in [1.29, 1.82) is 0 Å². The number of hydrogen-bond acceptors (Lipinski definition) is 4. The summed E-state index contributed by atoms with van der Waals surface area (Å²) in [5, 5.41) is 6.32. The molecule has 0 saturated heterocycles. The van der Waals surface area contributed by atoms with Gasteiger partial charge in [-0.05, 0) is 36.8 Å². The number of benzene rings is 1. The van der Waals surface area contributed by atoms with Gasteiger partial charge in [-0.3, -0.25) is 9.59 Å². The Labute approximate surface area is 159 Å². The molecule has 2 amide bonds. The molecule has 0 aliphatic rings. The molecule has 0 aliphatic carbocycles. The maximum absolute atomic E-state index is 12.7. The lowest BCUT2D eigenvalue weighted by molar-refractivity contribution is 0.0962. The molecule has 0 fully saturated rings. The van der Waals surface area contributed by atoms with Crippen LogP contribution in [0.1, 0.15) is 32.6 Å². The van der Waals surface area contributed by atoms with Gasteiger partial charge in [-0.15, -0.1) is 11.3 Å². The lowest BCUT2D eigenvalue weighted by Gasteiger charge is -2.08. The fourth-order valence-electron chi connectivity index (χ4n) is 2.43. The molecule has 8 heteroatoms. The molecule has 0 atom stereocenters. The number of amides is 2. The van der Waals surface area contributed by atoms with Gasteiger partial charge in [-0.1, -0.05) is 18.5 Å². The van der Waals surface area contributed by atoms with Crippen LogP contribution >= 0.6 is 22.9 Å². The number of carbonyl (C=O) groups excluding carboxylic acids is 2. The minimum Gasteiger partial charge on any atom is -0.355 e. The van der Waals surface area contributed by atoms with Gasteiger partial charge in [-0.2, -0.15) is 0 Å². The lowest BCUT2D eigenvalue weighted by Crippen LogP contribution is -2.18. The van der Waals surface area contributed by atoms with Gasteiger partial charge in [-0.25, -0.2) is 4.98 Å². The number of anilines is 1. The number of aromatic nitrogens is 2. The highest BCUT2D eigenvalue weighted by Gasteiger charge is 2.18. The summed E-state index contributed by atoms with van der Waals surface area (Å²) in [6.07, 6.45) is 4.48. The second-order valence-electron chi connectivity index (χ2n) is 5.44. The molecule has 0 saturated carbocycles. The largest absolute Gasteiger partial charge is 0.355 e. The van der Waals surface area contributed by atoms with Crippen LogP contribution in [0.25, 0.3) is 5.13 Å². The SMILES string of the molecule is CCc1sc(-n2cccc2)nc1C(=O)Nc1ccc(C(=O)NC)c(Cl)c1. The molecule has 26 heavy (non-hydrogen) atoms. The van der Waals surface area contributed by atoms with Crippen LogP contribution in [0.15, 0.2) is 42.7 Å². The zero-order chi connectivity index (χ0) is 18.7. The predicted molar refractivity (Wildman–Crippen MR) is 104 cm³/mol. The summed E-state index contributed by atoms with van der Waals surface area (Å²) in [6, 6.07) is 8.57. The summed E-state index contributed by atoms with van der Waals surface area (Å²) in [4.78, 5) is 29.7. The van der Waals surface area contributed by atoms with Crippen molar-refractivity contribution in [2.45, 2.75) is 13.3 Å². The maximum Gasteiger partial charge on any atom is 0.275 e. The molecule has 2 heterocycles. The van der Waals surface area contributed by atoms with E-state index in [-0.39, 0.29) is 16.8 Å². The molecule has 6 nitrogen and oxygen atoms in total. The molecule has 0 aliphatic heterocycles. The van der Waals surface area contributed by atoms with Crippen molar-refractivity contribution in [1.82, 2.24) is 14.9 Å². The fourth-order valence-corrected chi connectivity index (χ4v) is 3.66. The van der Waals surface area contributed by atoms with E-state index < -0.39 is 0 Å². The third kappa shape index (κ3) is 3.63. The van der Waals surface area contributed by atoms with Crippen molar-refractivity contribution in [3.05, 3.63) is 63.9 Å². The number of aryl methyl sites for hydroxylation is 1. The number of nitrogens with one attached hydrogen (secondary N) is 2. The average Bonchev–Trinajstić information content (AvgIpc) is 3.30. The Balaban J connectivity index is 1.84. The molecular formula is C18H17ClN4O2S. The summed E-state index contributed by atoms with van der Waals surface area (Å²) in [6.45, 7) is 1.98. The maximum atomic E-state index is 12.7. The first-order valence-electron chi connectivity index (χ1n) is 7.99. The van der Waals surface area contributed by atoms with Gasteiger partial charge in [0.15, 0.2) is 5.13 Å². The van der Waals surface area contributed by atoms with Crippen molar-refractivity contribution in [3.8, 4) is 5.13 Å². The minimum absolute atomic E-state index is 0.268. The number of hydrogen-bond donors (Lipinski definition) is 2. The smallest absolute Gasteiger partial charge is 0.275 e. The number of halogens is 1. The molecule has 1 aromatic carbocycles. The highest BCUT2D eigenvalue weighted by atomic mass is 35.5. The molecule has 3 aromatic rings. The zero-order valence-electron chi connectivity index (χ0n) is 14.2. The van der Waals surface area contributed by atoms with Gasteiger partial charge in [0.05, 0.1) is 10.6 Å². The van der Waals surface area contributed by atoms with Crippen molar-refractivity contribution in [3.63, 3.8) is 0 Å². The first-order valence-corrected chi connectivity index (χ1v) is 9.19. The van der Waals surface area contributed by atoms with Crippen LogP contribution in [-0.4, -0.2) is 28.4 Å². The molecule has 2 N–H and O–H groups in total. The number of nitrogens with zero attached hydrogens (tertiary/aromatic N) is 2. The minimum atomic E-state index is -0.305. The zero-order valence-corrected chi connectivity index (χ0v) is 15.8. The quantitative estimate of drug-likeness (QED) is 0.698. The van der Waals surface area contributed by atoms with Crippen molar-refractivity contribution < 1.29 is 9.59 Å². The van der Waals surface area contributed by atoms with Crippen molar-refractivity contribution >= 4 is 40.4 Å². The van der Waals surface area contributed by atoms with E-state index in [1.165, 1.54) is 18.4 Å². The van der Waals surface area contributed by atoms with E-state index in [0.717, 1.165) is 10.0 Å². The van der Waals surface area contributed by atoms with E-state index in [9.17, 15) is 9.59 Å². The van der Waals surface area contributed by atoms with Gasteiger partial charge in [0.25, 0.3) is 11.8 Å². The van der Waals surface area contributed by atoms with Gasteiger partial charge >= 0.3 is 0 Å². The summed E-state index contributed by atoms with van der Waals surface area (Å²) in [5.41, 5.74) is 1.25. The molecule has 2 aromatic heterocycles. The van der Waals surface area contributed by atoms with Crippen LogP contribution in [0.5, 0.6) is 0 Å². The number of rotatable bonds is 5. The van der Waals surface area contributed by atoms with Gasteiger partial charge in [0.1, 0.15) is 5.69 Å². The van der Waals surface area contributed by atoms with Crippen molar-refractivity contribution in [2.75, 3.05) is 12.4 Å². The monoisotopic (exact) mass is 388 g/mol. The Kier molecular flexibility index (Phi) is 5.39. The molecule has 134 valence electrons. The van der Waals surface area contributed by atoms with Crippen LogP contribution in [0, 0.1) is 0 Å². The van der Waals surface area contributed by atoms with Gasteiger partial charge in [0.2, 0.25) is 0 Å². The van der Waals surface area contributed by atoms with E-state index in [1.807, 2.05) is 36.0 Å². The Morgan fingerprint density at radius 1 is 1.23 bits per heavy atom. The lowest BCUT2D eigenvalue weighted by atomic mass is 10.2. The van der Waals surface area contributed by atoms with Crippen LogP contribution in [-0.2, 0) is 6.42 Å². The fraction of sp³-hybridized carbons (Fsp3) is 0.167. The van der Waals surface area contributed by atoms with E-state index in [1.54, 1.807) is 18.2 Å². The van der Waals surface area contributed by atoms with Crippen molar-refractivity contribution in [2.24, 2.45) is 0 Å². The molecule has 0 bridgehead atoms. The van der Waals surface area contributed by atoms with Gasteiger partial charge < -0.3 is 15.2 Å². The summed E-state index contributed by atoms with van der Waals surface area (Å²) < 4.78 is 1.87. The average molecular weight is 389 g/mol. The Bertz CT molecular complexity index is 950. The molecule has 0 unspecified atom stereocenters. The second kappa shape index (κ2) is 7.72. The Morgan fingerprint density at radius 3 is 2.58 bits per heavy atom. The summed E-state index contributed by atoms with van der Waals surface area (Å²) >= 11 is 7.61. The molecule has 0 radical (unpaired) electrons.